The van der Waals surface area contributed by atoms with Crippen LogP contribution in [0.5, 0.6) is 0 Å². The van der Waals surface area contributed by atoms with Gasteiger partial charge in [-0.1, -0.05) is 15.9 Å². The average molecular weight is 394 g/mol. The lowest BCUT2D eigenvalue weighted by molar-refractivity contribution is -0.140. The fraction of sp³-hybridized carbons (Fsp3) is 0.286. The molecule has 2 rings (SSSR count). The highest BCUT2D eigenvalue weighted by molar-refractivity contribution is 9.10. The minimum absolute atomic E-state index is 0.0956. The van der Waals surface area contributed by atoms with E-state index in [-0.39, 0.29) is 5.76 Å². The first kappa shape index (κ1) is 17.3. The molecule has 1 amide bonds. The van der Waals surface area contributed by atoms with Gasteiger partial charge < -0.3 is 14.5 Å². The van der Waals surface area contributed by atoms with Crippen LogP contribution in [0, 0.1) is 6.92 Å². The van der Waals surface area contributed by atoms with Crippen molar-refractivity contribution in [3.8, 4) is 0 Å². The van der Waals surface area contributed by atoms with Crippen molar-refractivity contribution in [2.24, 2.45) is 0 Å². The van der Waals surface area contributed by atoms with Gasteiger partial charge in [0.2, 0.25) is 5.76 Å². The van der Waals surface area contributed by atoms with Crippen LogP contribution in [-0.2, 0) is 9.53 Å². The zero-order valence-corrected chi connectivity index (χ0v) is 13.4. The molecule has 0 fully saturated rings. The summed E-state index contributed by atoms with van der Waals surface area (Å²) in [6.45, 7) is -0.672. The van der Waals surface area contributed by atoms with Gasteiger partial charge in [-0.25, -0.2) is 4.79 Å². The maximum absolute atomic E-state index is 11.9. The summed E-state index contributed by atoms with van der Waals surface area (Å²) in [6.07, 6.45) is -4.53. The number of rotatable bonds is 4. The van der Waals surface area contributed by atoms with Crippen LogP contribution in [0.25, 0.3) is 11.0 Å². The molecule has 0 bridgehead atoms. The molecule has 0 saturated carbocycles. The van der Waals surface area contributed by atoms with Crippen LogP contribution in [0.4, 0.5) is 13.2 Å². The van der Waals surface area contributed by atoms with E-state index in [0.717, 1.165) is 4.47 Å². The van der Waals surface area contributed by atoms with E-state index in [1.807, 2.05) is 0 Å². The van der Waals surface area contributed by atoms with E-state index < -0.39 is 31.2 Å². The average Bonchev–Trinajstić information content (AvgIpc) is 2.79. The van der Waals surface area contributed by atoms with Crippen molar-refractivity contribution in [1.82, 2.24) is 5.32 Å². The summed E-state index contributed by atoms with van der Waals surface area (Å²) in [4.78, 5) is 23.1. The Morgan fingerprint density at radius 2 is 2.04 bits per heavy atom. The van der Waals surface area contributed by atoms with E-state index in [0.29, 0.717) is 16.5 Å². The number of halogens is 4. The van der Waals surface area contributed by atoms with Crippen LogP contribution in [0.3, 0.4) is 0 Å². The number of carbonyl (C=O) groups excluding carboxylic acids is 2. The first-order chi connectivity index (χ1) is 10.7. The molecule has 0 saturated heterocycles. The predicted molar refractivity (Wildman–Crippen MR) is 78.0 cm³/mol. The molecule has 0 aliphatic carbocycles. The number of esters is 1. The Morgan fingerprint density at radius 3 is 2.70 bits per heavy atom. The molecule has 0 radical (unpaired) electrons. The van der Waals surface area contributed by atoms with E-state index in [9.17, 15) is 22.8 Å². The lowest BCUT2D eigenvalue weighted by Gasteiger charge is -2.08. The second-order valence-electron chi connectivity index (χ2n) is 4.66. The van der Waals surface area contributed by atoms with E-state index in [1.54, 1.807) is 30.4 Å². The van der Waals surface area contributed by atoms with Crippen LogP contribution >= 0.6 is 15.9 Å². The molecule has 0 atom stereocenters. The van der Waals surface area contributed by atoms with Crippen LogP contribution < -0.4 is 5.32 Å². The van der Waals surface area contributed by atoms with Crippen molar-refractivity contribution >= 4 is 38.8 Å². The maximum Gasteiger partial charge on any atom is 0.405 e. The number of nitrogens with one attached hydrogen (secondary N) is 1. The fourth-order valence-corrected chi connectivity index (χ4v) is 2.20. The summed E-state index contributed by atoms with van der Waals surface area (Å²) in [6, 6.07) is 5.13. The molecule has 23 heavy (non-hydrogen) atoms. The Kier molecular flexibility index (Phi) is 4.98. The predicted octanol–water partition coefficient (Wildman–Crippen LogP) is 3.34. The molecule has 1 N–H and O–H groups in total. The summed E-state index contributed by atoms with van der Waals surface area (Å²) >= 11 is 3.29. The van der Waals surface area contributed by atoms with E-state index in [2.05, 4.69) is 20.7 Å². The summed E-state index contributed by atoms with van der Waals surface area (Å²) in [5.41, 5.74) is 0.973. The Labute approximate surface area is 136 Å². The third kappa shape index (κ3) is 4.47. The van der Waals surface area contributed by atoms with Crippen molar-refractivity contribution in [3.05, 3.63) is 34.0 Å². The highest BCUT2D eigenvalue weighted by Crippen LogP contribution is 2.28. The lowest BCUT2D eigenvalue weighted by atomic mass is 10.1. The number of ether oxygens (including phenoxy) is 1. The zero-order chi connectivity index (χ0) is 17.2. The SMILES string of the molecule is Cc1c(C(=O)OCC(=O)NCC(F)(F)F)oc2ccc(Br)cc12. The van der Waals surface area contributed by atoms with Gasteiger partial charge in [0.05, 0.1) is 0 Å². The minimum atomic E-state index is -4.53. The molecule has 0 spiro atoms. The van der Waals surface area contributed by atoms with Crippen LogP contribution in [0.15, 0.2) is 27.1 Å². The maximum atomic E-state index is 11.9. The molecule has 2 aromatic rings. The molecule has 124 valence electrons. The summed E-state index contributed by atoms with van der Waals surface area (Å²) in [5.74, 6) is -2.06. The lowest BCUT2D eigenvalue weighted by Crippen LogP contribution is -2.36. The number of fused-ring (bicyclic) bond motifs is 1. The molecule has 5 nitrogen and oxygen atoms in total. The van der Waals surface area contributed by atoms with Gasteiger partial charge in [0.25, 0.3) is 5.91 Å². The van der Waals surface area contributed by atoms with Crippen molar-refractivity contribution < 1.29 is 31.9 Å². The second kappa shape index (κ2) is 6.61. The molecule has 0 unspecified atom stereocenters. The second-order valence-corrected chi connectivity index (χ2v) is 5.58. The largest absolute Gasteiger partial charge is 0.450 e. The minimum Gasteiger partial charge on any atom is -0.450 e. The van der Waals surface area contributed by atoms with Gasteiger partial charge in [-0.15, -0.1) is 0 Å². The number of carbonyl (C=O) groups is 2. The van der Waals surface area contributed by atoms with Gasteiger partial charge in [-0.2, -0.15) is 13.2 Å². The number of aryl methyl sites for hydroxylation is 1. The van der Waals surface area contributed by atoms with Gasteiger partial charge in [0.1, 0.15) is 12.1 Å². The van der Waals surface area contributed by atoms with Crippen LogP contribution in [-0.4, -0.2) is 31.2 Å². The molecule has 9 heteroatoms. The first-order valence-corrected chi connectivity index (χ1v) is 7.16. The number of furan rings is 1. The molecule has 1 aromatic carbocycles. The molecule has 1 heterocycles. The number of alkyl halides is 3. The van der Waals surface area contributed by atoms with E-state index in [4.69, 9.17) is 4.42 Å². The van der Waals surface area contributed by atoms with Gasteiger partial charge in [-0.3, -0.25) is 4.79 Å². The number of benzene rings is 1. The normalized spacial score (nSPS) is 11.5. The van der Waals surface area contributed by atoms with Gasteiger partial charge in [0, 0.05) is 15.4 Å². The van der Waals surface area contributed by atoms with Crippen LogP contribution in [0.1, 0.15) is 16.1 Å². The zero-order valence-electron chi connectivity index (χ0n) is 11.8. The quantitative estimate of drug-likeness (QED) is 0.808. The molecule has 0 aliphatic rings. The topological polar surface area (TPSA) is 68.5 Å². The van der Waals surface area contributed by atoms with Gasteiger partial charge in [-0.05, 0) is 25.1 Å². The smallest absolute Gasteiger partial charge is 0.405 e. The molecule has 0 aliphatic heterocycles. The van der Waals surface area contributed by atoms with Crippen molar-refractivity contribution in [2.45, 2.75) is 13.1 Å². The van der Waals surface area contributed by atoms with Gasteiger partial charge in [0.15, 0.2) is 6.61 Å². The Hall–Kier alpha value is -2.03. The number of amides is 1. The number of hydrogen-bond donors (Lipinski definition) is 1. The summed E-state index contributed by atoms with van der Waals surface area (Å²) in [7, 11) is 0. The van der Waals surface area contributed by atoms with Crippen molar-refractivity contribution in [2.75, 3.05) is 13.2 Å². The standard InChI is InChI=1S/C14H11BrF3NO4/c1-7-9-4-8(15)2-3-10(9)23-12(7)13(21)22-5-11(20)19-6-14(16,17)18/h2-4H,5-6H2,1H3,(H,19,20). The van der Waals surface area contributed by atoms with Crippen molar-refractivity contribution in [1.29, 1.82) is 0 Å². The molecule has 1 aromatic heterocycles. The third-order valence-electron chi connectivity index (χ3n) is 2.90. The van der Waals surface area contributed by atoms with E-state index in [1.165, 1.54) is 0 Å². The Morgan fingerprint density at radius 1 is 1.35 bits per heavy atom. The highest BCUT2D eigenvalue weighted by Gasteiger charge is 2.28. The van der Waals surface area contributed by atoms with Crippen LogP contribution in [0.2, 0.25) is 0 Å². The summed E-state index contributed by atoms with van der Waals surface area (Å²) < 4.78 is 46.6. The Balaban J connectivity index is 2.01. The summed E-state index contributed by atoms with van der Waals surface area (Å²) in [5, 5.41) is 2.29. The highest BCUT2D eigenvalue weighted by atomic mass is 79.9. The third-order valence-corrected chi connectivity index (χ3v) is 3.40. The number of hydrogen-bond acceptors (Lipinski definition) is 4. The van der Waals surface area contributed by atoms with Crippen molar-refractivity contribution in [3.63, 3.8) is 0 Å². The van der Waals surface area contributed by atoms with Gasteiger partial charge >= 0.3 is 12.1 Å². The Bertz CT molecular complexity index is 754. The molecular formula is C14H11BrF3NO4. The molecular weight excluding hydrogens is 383 g/mol. The monoisotopic (exact) mass is 393 g/mol. The van der Waals surface area contributed by atoms with E-state index >= 15 is 0 Å². The first-order valence-electron chi connectivity index (χ1n) is 6.36. The fourth-order valence-electron chi connectivity index (χ4n) is 1.83.